The van der Waals surface area contributed by atoms with Crippen LogP contribution in [0, 0.1) is 0 Å². The average Bonchev–Trinajstić information content (AvgIpc) is 3.18. The number of aliphatic carboxylic acids is 1. The Kier molecular flexibility index (Phi) is 4.92. The molecule has 1 aromatic carbocycles. The molecule has 1 saturated heterocycles. The lowest BCUT2D eigenvalue weighted by Crippen LogP contribution is -2.44. The third-order valence-electron chi connectivity index (χ3n) is 4.95. The van der Waals surface area contributed by atoms with E-state index in [4.69, 9.17) is 0 Å². The summed E-state index contributed by atoms with van der Waals surface area (Å²) in [4.78, 5) is 49.3. The lowest BCUT2D eigenvalue weighted by Gasteiger charge is -2.20. The van der Waals surface area contributed by atoms with Gasteiger partial charge in [0.15, 0.2) is 6.04 Å². The van der Waals surface area contributed by atoms with E-state index in [9.17, 15) is 24.3 Å². The third kappa shape index (κ3) is 3.40. The number of hydrogen-bond acceptors (Lipinski definition) is 4. The largest absolute Gasteiger partial charge is 0.479 e. The topological polar surface area (TPSA) is 116 Å². The number of nitrogens with one attached hydrogen (secondary N) is 2. The van der Waals surface area contributed by atoms with Gasteiger partial charge in [0, 0.05) is 13.0 Å². The van der Waals surface area contributed by atoms with E-state index in [1.165, 1.54) is 0 Å². The zero-order chi connectivity index (χ0) is 18.7. The molecule has 4 amide bonds. The zero-order valence-electron chi connectivity index (χ0n) is 14.2. The van der Waals surface area contributed by atoms with Crippen molar-refractivity contribution in [2.45, 2.75) is 43.7 Å². The molecule has 2 fully saturated rings. The molecular weight excluding hydrogens is 338 g/mol. The van der Waals surface area contributed by atoms with Crippen molar-refractivity contribution in [3.63, 3.8) is 0 Å². The molecule has 0 bridgehead atoms. The van der Waals surface area contributed by atoms with Crippen molar-refractivity contribution in [1.29, 1.82) is 0 Å². The maximum Gasteiger partial charge on any atom is 0.330 e. The van der Waals surface area contributed by atoms with E-state index in [-0.39, 0.29) is 18.9 Å². The van der Waals surface area contributed by atoms with Gasteiger partial charge in [0.2, 0.25) is 5.91 Å². The molecule has 1 aromatic rings. The number of amides is 4. The summed E-state index contributed by atoms with van der Waals surface area (Å²) in [5.74, 6) is -2.00. The van der Waals surface area contributed by atoms with Crippen LogP contribution in [-0.4, -0.2) is 45.9 Å². The maximum absolute atomic E-state index is 12.5. The fourth-order valence-corrected chi connectivity index (χ4v) is 3.58. The number of benzene rings is 1. The standard InChI is InChI=1S/C18H21N3O5/c22-13(19-14(15(23)24)12-6-2-1-3-7-12)8-11-21-16(25)18(20-17(21)26)9-4-5-10-18/h1-3,6-7,14H,4-5,8-11H2,(H,19,22)(H,20,26)(H,23,24)/t14-/m0/s1. The van der Waals surface area contributed by atoms with Crippen molar-refractivity contribution in [1.82, 2.24) is 15.5 Å². The van der Waals surface area contributed by atoms with Gasteiger partial charge in [-0.25, -0.2) is 9.59 Å². The van der Waals surface area contributed by atoms with E-state index in [1.807, 2.05) is 0 Å². The lowest BCUT2D eigenvalue weighted by molar-refractivity contribution is -0.142. The van der Waals surface area contributed by atoms with E-state index >= 15 is 0 Å². The van der Waals surface area contributed by atoms with Gasteiger partial charge in [-0.1, -0.05) is 43.2 Å². The predicted molar refractivity (Wildman–Crippen MR) is 91.0 cm³/mol. The Hall–Kier alpha value is -2.90. The number of imide groups is 1. The van der Waals surface area contributed by atoms with Gasteiger partial charge in [0.25, 0.3) is 5.91 Å². The van der Waals surface area contributed by atoms with E-state index in [0.29, 0.717) is 18.4 Å². The van der Waals surface area contributed by atoms with Crippen molar-refractivity contribution in [2.24, 2.45) is 0 Å². The quantitative estimate of drug-likeness (QED) is 0.660. The summed E-state index contributed by atoms with van der Waals surface area (Å²) >= 11 is 0. The Balaban J connectivity index is 1.59. The molecule has 138 valence electrons. The van der Waals surface area contributed by atoms with Gasteiger partial charge < -0.3 is 15.7 Å². The first-order valence-electron chi connectivity index (χ1n) is 8.64. The Labute approximate surface area is 150 Å². The number of carbonyl (C=O) groups excluding carboxylic acids is 3. The predicted octanol–water partition coefficient (Wildman–Crippen LogP) is 1.18. The molecule has 1 aliphatic carbocycles. The first kappa shape index (κ1) is 17.9. The number of rotatable bonds is 6. The molecule has 8 heteroatoms. The fraction of sp³-hybridized carbons (Fsp3) is 0.444. The van der Waals surface area contributed by atoms with Gasteiger partial charge in [0.05, 0.1) is 0 Å². The molecule has 3 N–H and O–H groups in total. The van der Waals surface area contributed by atoms with Crippen LogP contribution in [0.15, 0.2) is 30.3 Å². The van der Waals surface area contributed by atoms with Crippen LogP contribution >= 0.6 is 0 Å². The Morgan fingerprint density at radius 1 is 1.19 bits per heavy atom. The first-order chi connectivity index (χ1) is 12.4. The molecule has 0 unspecified atom stereocenters. The van der Waals surface area contributed by atoms with Crippen molar-refractivity contribution < 1.29 is 24.3 Å². The number of carbonyl (C=O) groups is 4. The highest BCUT2D eigenvalue weighted by molar-refractivity contribution is 6.07. The summed E-state index contributed by atoms with van der Waals surface area (Å²) in [6.45, 7) is -0.0701. The molecule has 3 rings (SSSR count). The van der Waals surface area contributed by atoms with Gasteiger partial charge in [-0.15, -0.1) is 0 Å². The number of hydrogen-bond donors (Lipinski definition) is 3. The number of nitrogens with zero attached hydrogens (tertiary/aromatic N) is 1. The average molecular weight is 359 g/mol. The highest BCUT2D eigenvalue weighted by Gasteiger charge is 2.52. The summed E-state index contributed by atoms with van der Waals surface area (Å²) < 4.78 is 0. The van der Waals surface area contributed by atoms with Gasteiger partial charge >= 0.3 is 12.0 Å². The minimum Gasteiger partial charge on any atom is -0.479 e. The number of carboxylic acids is 1. The highest BCUT2D eigenvalue weighted by atomic mass is 16.4. The minimum absolute atomic E-state index is 0.0701. The van der Waals surface area contributed by atoms with Crippen LogP contribution < -0.4 is 10.6 Å². The van der Waals surface area contributed by atoms with Crippen LogP contribution in [-0.2, 0) is 14.4 Å². The number of carboxylic acid groups (broad SMARTS) is 1. The maximum atomic E-state index is 12.5. The van der Waals surface area contributed by atoms with Crippen LogP contribution in [0.25, 0.3) is 0 Å². The van der Waals surface area contributed by atoms with Gasteiger partial charge in [-0.3, -0.25) is 14.5 Å². The molecule has 26 heavy (non-hydrogen) atoms. The molecular formula is C18H21N3O5. The second-order valence-corrected chi connectivity index (χ2v) is 6.68. The van der Waals surface area contributed by atoms with Gasteiger partial charge in [0.1, 0.15) is 5.54 Å². The van der Waals surface area contributed by atoms with Crippen LogP contribution in [0.3, 0.4) is 0 Å². The highest BCUT2D eigenvalue weighted by Crippen LogP contribution is 2.35. The van der Waals surface area contributed by atoms with Crippen molar-refractivity contribution in [3.05, 3.63) is 35.9 Å². The Bertz CT molecular complexity index is 728. The molecule has 8 nitrogen and oxygen atoms in total. The van der Waals surface area contributed by atoms with E-state index in [0.717, 1.165) is 17.7 Å². The van der Waals surface area contributed by atoms with Crippen molar-refractivity contribution in [3.8, 4) is 0 Å². The van der Waals surface area contributed by atoms with Crippen LogP contribution in [0.4, 0.5) is 4.79 Å². The molecule has 1 saturated carbocycles. The van der Waals surface area contributed by atoms with Gasteiger partial charge in [-0.2, -0.15) is 0 Å². The molecule has 0 radical (unpaired) electrons. The summed E-state index contributed by atoms with van der Waals surface area (Å²) in [6.07, 6.45) is 2.87. The second kappa shape index (κ2) is 7.15. The van der Waals surface area contributed by atoms with Crippen molar-refractivity contribution in [2.75, 3.05) is 6.54 Å². The second-order valence-electron chi connectivity index (χ2n) is 6.68. The van der Waals surface area contributed by atoms with Gasteiger partial charge in [-0.05, 0) is 18.4 Å². The normalized spacial score (nSPS) is 19.5. The SMILES string of the molecule is O=C(CCN1C(=O)NC2(CCCC2)C1=O)N[C@H](C(=O)O)c1ccccc1. The minimum atomic E-state index is -1.18. The van der Waals surface area contributed by atoms with Crippen molar-refractivity contribution >= 4 is 23.8 Å². The molecule has 1 heterocycles. The molecule has 1 spiro atoms. The van der Waals surface area contributed by atoms with E-state index in [2.05, 4.69) is 10.6 Å². The summed E-state index contributed by atoms with van der Waals surface area (Å²) in [7, 11) is 0. The van der Waals surface area contributed by atoms with E-state index in [1.54, 1.807) is 30.3 Å². The molecule has 1 atom stereocenters. The molecule has 0 aromatic heterocycles. The monoisotopic (exact) mass is 359 g/mol. The molecule has 2 aliphatic rings. The smallest absolute Gasteiger partial charge is 0.330 e. The lowest BCUT2D eigenvalue weighted by atomic mass is 9.98. The summed E-state index contributed by atoms with van der Waals surface area (Å²) in [5, 5.41) is 14.5. The first-order valence-corrected chi connectivity index (χ1v) is 8.64. The number of urea groups is 1. The van der Waals surface area contributed by atoms with Crippen LogP contribution in [0.1, 0.15) is 43.7 Å². The fourth-order valence-electron chi connectivity index (χ4n) is 3.58. The molecule has 1 aliphatic heterocycles. The van der Waals surface area contributed by atoms with E-state index < -0.39 is 29.5 Å². The summed E-state index contributed by atoms with van der Waals surface area (Å²) in [6, 6.07) is 6.69. The Morgan fingerprint density at radius 3 is 2.46 bits per heavy atom. The van der Waals surface area contributed by atoms with Crippen LogP contribution in [0.2, 0.25) is 0 Å². The summed E-state index contributed by atoms with van der Waals surface area (Å²) in [5.41, 5.74) is -0.352. The zero-order valence-corrected chi connectivity index (χ0v) is 14.2. The Morgan fingerprint density at radius 2 is 1.85 bits per heavy atom. The third-order valence-corrected chi connectivity index (χ3v) is 4.95. The van der Waals surface area contributed by atoms with Crippen LogP contribution in [0.5, 0.6) is 0 Å².